The van der Waals surface area contributed by atoms with Crippen LogP contribution >= 0.6 is 11.3 Å². The number of aromatic nitrogens is 1. The molecule has 1 unspecified atom stereocenters. The molecule has 0 fully saturated rings. The van der Waals surface area contributed by atoms with E-state index in [9.17, 15) is 9.90 Å². The molecule has 1 aliphatic rings. The molecule has 1 amide bonds. The molecule has 4 nitrogen and oxygen atoms in total. The van der Waals surface area contributed by atoms with E-state index in [2.05, 4.69) is 29.1 Å². The lowest BCUT2D eigenvalue weighted by Crippen LogP contribution is -2.03. The van der Waals surface area contributed by atoms with Crippen molar-refractivity contribution in [1.82, 2.24) is 4.98 Å². The third kappa shape index (κ3) is 3.33. The number of aromatic amines is 1. The molecule has 0 bridgehead atoms. The van der Waals surface area contributed by atoms with Crippen molar-refractivity contribution in [2.45, 2.75) is 19.4 Å². The van der Waals surface area contributed by atoms with Crippen LogP contribution in [0.2, 0.25) is 0 Å². The zero-order valence-electron chi connectivity index (χ0n) is 14.7. The van der Waals surface area contributed by atoms with Crippen molar-refractivity contribution >= 4 is 34.6 Å². The normalized spacial score (nSPS) is 15.2. The molecule has 3 N–H and O–H groups in total. The molecule has 3 aromatic rings. The van der Waals surface area contributed by atoms with Crippen molar-refractivity contribution in [3.63, 3.8) is 0 Å². The van der Waals surface area contributed by atoms with E-state index in [1.54, 1.807) is 0 Å². The number of nitrogens with one attached hydrogen (secondary N) is 2. The van der Waals surface area contributed by atoms with E-state index in [4.69, 9.17) is 0 Å². The second kappa shape index (κ2) is 7.28. The predicted molar refractivity (Wildman–Crippen MR) is 109 cm³/mol. The second-order valence-electron chi connectivity index (χ2n) is 6.24. The molecule has 1 aliphatic heterocycles. The molecule has 0 radical (unpaired) electrons. The van der Waals surface area contributed by atoms with Crippen molar-refractivity contribution in [1.29, 1.82) is 0 Å². The van der Waals surface area contributed by atoms with Gasteiger partial charge in [-0.15, -0.1) is 0 Å². The SMILES string of the molecule is CCc1cc[nH]c1/C=C1\C(=O)Nc2cccc(C#CC(O)c3ccsc3)c21. The summed E-state index contributed by atoms with van der Waals surface area (Å²) in [5, 5.41) is 16.9. The van der Waals surface area contributed by atoms with Crippen LogP contribution in [0, 0.1) is 11.8 Å². The molecule has 0 spiro atoms. The summed E-state index contributed by atoms with van der Waals surface area (Å²) in [5.41, 5.74) is 5.69. The Bertz CT molecular complexity index is 1080. The van der Waals surface area contributed by atoms with E-state index in [1.165, 1.54) is 11.3 Å². The number of anilines is 1. The average Bonchev–Trinajstić information content (AvgIpc) is 3.40. The number of amides is 1. The van der Waals surface area contributed by atoms with Gasteiger partial charge in [0.05, 0.1) is 11.3 Å². The highest BCUT2D eigenvalue weighted by molar-refractivity contribution is 7.08. The fourth-order valence-electron chi connectivity index (χ4n) is 3.15. The number of aliphatic hydroxyl groups excluding tert-OH is 1. The summed E-state index contributed by atoms with van der Waals surface area (Å²) in [7, 11) is 0. The Balaban J connectivity index is 1.76. The van der Waals surface area contributed by atoms with Gasteiger partial charge in [0.25, 0.3) is 5.91 Å². The van der Waals surface area contributed by atoms with Gasteiger partial charge in [-0.1, -0.05) is 24.8 Å². The number of aliphatic hydroxyl groups is 1. The lowest BCUT2D eigenvalue weighted by Gasteiger charge is -2.04. The number of hydrogen-bond donors (Lipinski definition) is 3. The zero-order chi connectivity index (χ0) is 18.8. The molecule has 5 heteroatoms. The highest BCUT2D eigenvalue weighted by atomic mass is 32.1. The van der Waals surface area contributed by atoms with Crippen LogP contribution in [0.25, 0.3) is 11.6 Å². The largest absolute Gasteiger partial charge is 0.376 e. The lowest BCUT2D eigenvalue weighted by atomic mass is 9.98. The molecular weight excluding hydrogens is 356 g/mol. The molecule has 1 aromatic carbocycles. The van der Waals surface area contributed by atoms with Gasteiger partial charge in [0.1, 0.15) is 6.10 Å². The highest BCUT2D eigenvalue weighted by Crippen LogP contribution is 2.35. The Kier molecular flexibility index (Phi) is 4.68. The Morgan fingerprint density at radius 3 is 2.96 bits per heavy atom. The first-order chi connectivity index (χ1) is 13.2. The Labute approximate surface area is 161 Å². The second-order valence-corrected chi connectivity index (χ2v) is 7.02. The molecule has 0 saturated carbocycles. The van der Waals surface area contributed by atoms with Crippen molar-refractivity contribution in [2.75, 3.05) is 5.32 Å². The third-order valence-electron chi connectivity index (χ3n) is 4.57. The fraction of sp³-hybridized carbons (Fsp3) is 0.136. The van der Waals surface area contributed by atoms with Crippen LogP contribution in [0.15, 0.2) is 47.3 Å². The van der Waals surface area contributed by atoms with Gasteiger partial charge in [0.2, 0.25) is 0 Å². The number of benzene rings is 1. The van der Waals surface area contributed by atoms with Gasteiger partial charge in [-0.05, 0) is 53.1 Å². The van der Waals surface area contributed by atoms with E-state index in [1.807, 2.05) is 53.4 Å². The summed E-state index contributed by atoms with van der Waals surface area (Å²) >= 11 is 1.52. The van der Waals surface area contributed by atoms with E-state index < -0.39 is 6.10 Å². The Morgan fingerprint density at radius 2 is 2.19 bits per heavy atom. The molecule has 134 valence electrons. The van der Waals surface area contributed by atoms with Gasteiger partial charge in [0, 0.05) is 28.6 Å². The van der Waals surface area contributed by atoms with Crippen molar-refractivity contribution in [3.05, 3.63) is 75.2 Å². The maximum Gasteiger partial charge on any atom is 0.256 e. The number of thiophene rings is 1. The zero-order valence-corrected chi connectivity index (χ0v) is 15.6. The summed E-state index contributed by atoms with van der Waals surface area (Å²) in [6.45, 7) is 2.08. The minimum absolute atomic E-state index is 0.144. The molecule has 27 heavy (non-hydrogen) atoms. The van der Waals surface area contributed by atoms with Crippen molar-refractivity contribution < 1.29 is 9.90 Å². The van der Waals surface area contributed by atoms with Gasteiger partial charge < -0.3 is 15.4 Å². The maximum atomic E-state index is 12.5. The molecule has 0 aliphatic carbocycles. The topological polar surface area (TPSA) is 65.1 Å². The highest BCUT2D eigenvalue weighted by Gasteiger charge is 2.26. The molecule has 3 heterocycles. The molecule has 2 aromatic heterocycles. The molecular formula is C22H18N2O2S. The van der Waals surface area contributed by atoms with Crippen LogP contribution in [0.5, 0.6) is 0 Å². The lowest BCUT2D eigenvalue weighted by molar-refractivity contribution is -0.110. The van der Waals surface area contributed by atoms with Crippen LogP contribution in [-0.2, 0) is 11.2 Å². The Morgan fingerprint density at radius 1 is 1.30 bits per heavy atom. The first-order valence-electron chi connectivity index (χ1n) is 8.71. The van der Waals surface area contributed by atoms with Gasteiger partial charge in [-0.2, -0.15) is 11.3 Å². The molecule has 0 saturated heterocycles. The van der Waals surface area contributed by atoms with E-state index in [0.717, 1.165) is 40.1 Å². The number of carbonyl (C=O) groups is 1. The summed E-state index contributed by atoms with van der Waals surface area (Å²) in [6.07, 6.45) is 3.79. The molecule has 1 atom stereocenters. The number of H-pyrrole nitrogens is 1. The first-order valence-corrected chi connectivity index (χ1v) is 9.66. The predicted octanol–water partition coefficient (Wildman–Crippen LogP) is 4.22. The number of carbonyl (C=O) groups excluding carboxylic acids is 1. The van der Waals surface area contributed by atoms with Gasteiger partial charge in [0.15, 0.2) is 0 Å². The first kappa shape index (κ1) is 17.3. The number of aryl methyl sites for hydroxylation is 1. The van der Waals surface area contributed by atoms with Gasteiger partial charge >= 0.3 is 0 Å². The van der Waals surface area contributed by atoms with E-state index in [-0.39, 0.29) is 5.91 Å². The van der Waals surface area contributed by atoms with Crippen LogP contribution in [0.4, 0.5) is 5.69 Å². The fourth-order valence-corrected chi connectivity index (χ4v) is 3.83. The smallest absolute Gasteiger partial charge is 0.256 e. The summed E-state index contributed by atoms with van der Waals surface area (Å²) in [6, 6.07) is 9.46. The summed E-state index contributed by atoms with van der Waals surface area (Å²) < 4.78 is 0. The monoisotopic (exact) mass is 374 g/mol. The van der Waals surface area contributed by atoms with Crippen LogP contribution in [-0.4, -0.2) is 16.0 Å². The quantitative estimate of drug-likeness (QED) is 0.475. The molecule has 4 rings (SSSR count). The number of hydrogen-bond acceptors (Lipinski definition) is 3. The van der Waals surface area contributed by atoms with Gasteiger partial charge in [-0.3, -0.25) is 4.79 Å². The van der Waals surface area contributed by atoms with E-state index >= 15 is 0 Å². The minimum Gasteiger partial charge on any atom is -0.376 e. The van der Waals surface area contributed by atoms with Crippen LogP contribution in [0.1, 0.15) is 41.0 Å². The van der Waals surface area contributed by atoms with Crippen LogP contribution in [0.3, 0.4) is 0 Å². The number of rotatable bonds is 3. The maximum absolute atomic E-state index is 12.5. The minimum atomic E-state index is -0.847. The third-order valence-corrected chi connectivity index (χ3v) is 5.27. The Hall–Kier alpha value is -3.07. The standard InChI is InChI=1S/C22H18N2O2S/c1-2-14-8-10-23-19(14)12-17-21-15(4-3-5-18(21)24-22(17)26)6-7-20(25)16-9-11-27-13-16/h3-5,8-13,20,23,25H,2H2,1H3,(H,24,26)/b17-12-. The van der Waals surface area contributed by atoms with Crippen LogP contribution < -0.4 is 5.32 Å². The number of fused-ring (bicyclic) bond motifs is 1. The average molecular weight is 374 g/mol. The van der Waals surface area contributed by atoms with Gasteiger partial charge in [-0.25, -0.2) is 0 Å². The van der Waals surface area contributed by atoms with Crippen molar-refractivity contribution in [2.24, 2.45) is 0 Å². The summed E-state index contributed by atoms with van der Waals surface area (Å²) in [5.74, 6) is 5.79. The van der Waals surface area contributed by atoms with Crippen molar-refractivity contribution in [3.8, 4) is 11.8 Å². The van der Waals surface area contributed by atoms with E-state index in [0.29, 0.717) is 5.57 Å². The summed E-state index contributed by atoms with van der Waals surface area (Å²) in [4.78, 5) is 15.7.